The van der Waals surface area contributed by atoms with Gasteiger partial charge in [-0.1, -0.05) is 26.0 Å². The van der Waals surface area contributed by atoms with E-state index in [1.165, 1.54) is 0 Å². The molecule has 0 aromatic heterocycles. The number of methoxy groups -OCH3 is 1. The van der Waals surface area contributed by atoms with Crippen LogP contribution in [0.25, 0.3) is 10.8 Å². The summed E-state index contributed by atoms with van der Waals surface area (Å²) < 4.78 is 5.37. The van der Waals surface area contributed by atoms with E-state index in [2.05, 4.69) is 0 Å². The fourth-order valence-corrected chi connectivity index (χ4v) is 3.43. The van der Waals surface area contributed by atoms with Gasteiger partial charge < -0.3 is 4.74 Å². The first-order chi connectivity index (χ1) is 12.4. The van der Waals surface area contributed by atoms with Gasteiger partial charge in [0.25, 0.3) is 0 Å². The highest BCUT2D eigenvalue weighted by Crippen LogP contribution is 2.36. The highest BCUT2D eigenvalue weighted by Gasteiger charge is 2.34. The molecule has 0 N–H and O–H groups in total. The molecule has 0 saturated heterocycles. The standard InChI is InChI=1S/C22H22O4/c1-12(2)8-11-17(23)19-13(3)21(24)16-10-9-14-15(20(16)22(19)25)6-5-7-18(14)26-4/h5-7,9-10,12H,8,11H2,1-4H3. The van der Waals surface area contributed by atoms with Crippen molar-refractivity contribution in [1.82, 2.24) is 0 Å². The summed E-state index contributed by atoms with van der Waals surface area (Å²) in [5, 5.41) is 1.39. The van der Waals surface area contributed by atoms with Crippen molar-refractivity contribution in [3.8, 4) is 5.75 Å². The maximum atomic E-state index is 13.2. The van der Waals surface area contributed by atoms with Crippen molar-refractivity contribution < 1.29 is 19.1 Å². The molecule has 1 aliphatic rings. The van der Waals surface area contributed by atoms with Crippen LogP contribution < -0.4 is 4.74 Å². The Balaban J connectivity index is 2.17. The molecule has 134 valence electrons. The van der Waals surface area contributed by atoms with Crippen molar-refractivity contribution in [3.63, 3.8) is 0 Å². The summed E-state index contributed by atoms with van der Waals surface area (Å²) in [6, 6.07) is 8.82. The first kappa shape index (κ1) is 18.1. The third-order valence-electron chi connectivity index (χ3n) is 4.88. The van der Waals surface area contributed by atoms with E-state index < -0.39 is 0 Å². The van der Waals surface area contributed by atoms with E-state index in [1.807, 2.05) is 13.8 Å². The van der Waals surface area contributed by atoms with Gasteiger partial charge in [0.1, 0.15) is 5.75 Å². The van der Waals surface area contributed by atoms with Gasteiger partial charge in [0, 0.05) is 28.5 Å². The van der Waals surface area contributed by atoms with E-state index in [1.54, 1.807) is 44.4 Å². The number of hydrogen-bond donors (Lipinski definition) is 0. The predicted octanol–water partition coefficient (Wildman–Crippen LogP) is 4.55. The summed E-state index contributed by atoms with van der Waals surface area (Å²) in [6.45, 7) is 5.62. The molecule has 0 heterocycles. The SMILES string of the molecule is COc1cccc2c3c(ccc12)C(=O)C(C)=C(C(=O)CCC(C)C)C3=O. The average Bonchev–Trinajstić information content (AvgIpc) is 2.63. The zero-order valence-electron chi connectivity index (χ0n) is 15.5. The van der Waals surface area contributed by atoms with Crippen LogP contribution in [0.4, 0.5) is 0 Å². The number of carbonyl (C=O) groups is 3. The molecule has 0 saturated carbocycles. The minimum Gasteiger partial charge on any atom is -0.496 e. The topological polar surface area (TPSA) is 60.4 Å². The lowest BCUT2D eigenvalue weighted by Gasteiger charge is -2.21. The van der Waals surface area contributed by atoms with Gasteiger partial charge in [-0.3, -0.25) is 14.4 Å². The molecule has 1 aliphatic carbocycles. The van der Waals surface area contributed by atoms with E-state index in [4.69, 9.17) is 4.74 Å². The van der Waals surface area contributed by atoms with Crippen LogP contribution in [-0.4, -0.2) is 24.5 Å². The second-order valence-corrected chi connectivity index (χ2v) is 7.06. The number of hydrogen-bond acceptors (Lipinski definition) is 4. The average molecular weight is 350 g/mol. The third kappa shape index (κ3) is 2.85. The molecule has 4 nitrogen and oxygen atoms in total. The van der Waals surface area contributed by atoms with Gasteiger partial charge in [0.15, 0.2) is 17.3 Å². The normalized spacial score (nSPS) is 14.2. The van der Waals surface area contributed by atoms with Gasteiger partial charge in [-0.15, -0.1) is 0 Å². The molecular weight excluding hydrogens is 328 g/mol. The van der Waals surface area contributed by atoms with Crippen LogP contribution in [0.3, 0.4) is 0 Å². The van der Waals surface area contributed by atoms with Crippen LogP contribution in [0.15, 0.2) is 41.5 Å². The van der Waals surface area contributed by atoms with E-state index in [9.17, 15) is 14.4 Å². The van der Waals surface area contributed by atoms with Crippen LogP contribution in [0.5, 0.6) is 5.75 Å². The number of Topliss-reactive ketones (excluding diaryl/α,β-unsaturated/α-hetero) is 3. The summed E-state index contributed by atoms with van der Waals surface area (Å²) >= 11 is 0. The van der Waals surface area contributed by atoms with Gasteiger partial charge in [0.05, 0.1) is 12.7 Å². The number of rotatable bonds is 5. The Hall–Kier alpha value is -2.75. The predicted molar refractivity (Wildman–Crippen MR) is 101 cm³/mol. The third-order valence-corrected chi connectivity index (χ3v) is 4.88. The van der Waals surface area contributed by atoms with Crippen molar-refractivity contribution in [1.29, 1.82) is 0 Å². The molecule has 2 aromatic rings. The minimum atomic E-state index is -0.357. The Labute approximate surface area is 152 Å². The number of carbonyl (C=O) groups excluding carboxylic acids is 3. The maximum absolute atomic E-state index is 13.2. The Kier molecular flexibility index (Phi) is 4.77. The number of ether oxygens (including phenoxy) is 1. The smallest absolute Gasteiger partial charge is 0.198 e. The lowest BCUT2D eigenvalue weighted by atomic mass is 9.79. The molecule has 26 heavy (non-hydrogen) atoms. The first-order valence-electron chi connectivity index (χ1n) is 8.80. The van der Waals surface area contributed by atoms with Crippen molar-refractivity contribution in [2.75, 3.05) is 7.11 Å². The van der Waals surface area contributed by atoms with Crippen molar-refractivity contribution in [2.45, 2.75) is 33.6 Å². The van der Waals surface area contributed by atoms with Gasteiger partial charge in [-0.05, 0) is 42.8 Å². The lowest BCUT2D eigenvalue weighted by molar-refractivity contribution is -0.115. The quantitative estimate of drug-likeness (QED) is 0.742. The summed E-state index contributed by atoms with van der Waals surface area (Å²) in [4.78, 5) is 38.7. The van der Waals surface area contributed by atoms with Crippen LogP contribution in [-0.2, 0) is 4.79 Å². The first-order valence-corrected chi connectivity index (χ1v) is 8.80. The fourth-order valence-electron chi connectivity index (χ4n) is 3.43. The summed E-state index contributed by atoms with van der Waals surface area (Å²) in [5.74, 6) is 0.123. The Morgan fingerprint density at radius 2 is 1.77 bits per heavy atom. The van der Waals surface area contributed by atoms with Gasteiger partial charge in [-0.25, -0.2) is 0 Å². The molecule has 0 bridgehead atoms. The number of benzene rings is 2. The molecule has 0 unspecified atom stereocenters. The molecule has 2 aromatic carbocycles. The Morgan fingerprint density at radius 3 is 2.42 bits per heavy atom. The van der Waals surface area contributed by atoms with E-state index >= 15 is 0 Å². The second-order valence-electron chi connectivity index (χ2n) is 7.06. The Bertz CT molecular complexity index is 964. The lowest BCUT2D eigenvalue weighted by Crippen LogP contribution is -2.26. The van der Waals surface area contributed by atoms with Crippen LogP contribution >= 0.6 is 0 Å². The highest BCUT2D eigenvalue weighted by atomic mass is 16.5. The molecular formula is C22H22O4. The summed E-state index contributed by atoms with van der Waals surface area (Å²) in [5.41, 5.74) is 0.954. The van der Waals surface area contributed by atoms with Crippen LogP contribution in [0.1, 0.15) is 54.3 Å². The van der Waals surface area contributed by atoms with Crippen LogP contribution in [0.2, 0.25) is 0 Å². The van der Waals surface area contributed by atoms with Crippen LogP contribution in [0, 0.1) is 5.92 Å². The highest BCUT2D eigenvalue weighted by molar-refractivity contribution is 6.39. The summed E-state index contributed by atoms with van der Waals surface area (Å²) in [6.07, 6.45) is 0.958. The fraction of sp³-hybridized carbons (Fsp3) is 0.318. The zero-order chi connectivity index (χ0) is 19.0. The van der Waals surface area contributed by atoms with E-state index in [-0.39, 0.29) is 34.9 Å². The van der Waals surface area contributed by atoms with Gasteiger partial charge in [-0.2, -0.15) is 0 Å². The van der Waals surface area contributed by atoms with Crippen molar-refractivity contribution in [2.24, 2.45) is 5.92 Å². The molecule has 0 radical (unpaired) electrons. The zero-order valence-corrected chi connectivity index (χ0v) is 15.5. The number of allylic oxidation sites excluding steroid dienone is 2. The number of fused-ring (bicyclic) bond motifs is 3. The largest absolute Gasteiger partial charge is 0.496 e. The summed E-state index contributed by atoms with van der Waals surface area (Å²) in [7, 11) is 1.56. The van der Waals surface area contributed by atoms with E-state index in [0.29, 0.717) is 34.6 Å². The van der Waals surface area contributed by atoms with Gasteiger partial charge >= 0.3 is 0 Å². The van der Waals surface area contributed by atoms with Crippen molar-refractivity contribution in [3.05, 3.63) is 52.6 Å². The molecule has 0 fully saturated rings. The monoisotopic (exact) mass is 350 g/mol. The molecule has 0 amide bonds. The van der Waals surface area contributed by atoms with Crippen molar-refractivity contribution >= 4 is 28.1 Å². The molecule has 0 spiro atoms. The van der Waals surface area contributed by atoms with Gasteiger partial charge in [0.2, 0.25) is 0 Å². The maximum Gasteiger partial charge on any atom is 0.198 e. The Morgan fingerprint density at radius 1 is 1.04 bits per heavy atom. The van der Waals surface area contributed by atoms with E-state index in [0.717, 1.165) is 5.39 Å². The molecule has 3 rings (SSSR count). The molecule has 0 aliphatic heterocycles. The second kappa shape index (κ2) is 6.87. The molecule has 4 heteroatoms. The minimum absolute atomic E-state index is 0.0402. The molecule has 0 atom stereocenters. The number of ketones is 3.